The minimum atomic E-state index is -0.0637. The van der Waals surface area contributed by atoms with Crippen LogP contribution in [0.4, 0.5) is 0 Å². The second-order valence-corrected chi connectivity index (χ2v) is 6.50. The molecule has 1 fully saturated rings. The van der Waals surface area contributed by atoms with E-state index in [1.54, 1.807) is 16.9 Å². The van der Waals surface area contributed by atoms with E-state index in [2.05, 4.69) is 20.7 Å². The number of aryl methyl sites for hydroxylation is 2. The molecule has 0 spiro atoms. The van der Waals surface area contributed by atoms with Crippen LogP contribution in [0.3, 0.4) is 0 Å². The number of pyridine rings is 1. The minimum absolute atomic E-state index is 0.0637. The lowest BCUT2D eigenvalue weighted by Crippen LogP contribution is -2.33. The topological polar surface area (TPSA) is 71.8 Å². The molecule has 0 aromatic carbocycles. The Balaban J connectivity index is 1.54. The van der Waals surface area contributed by atoms with Crippen molar-refractivity contribution in [2.75, 3.05) is 19.6 Å². The van der Waals surface area contributed by atoms with Crippen LogP contribution in [0.15, 0.2) is 24.4 Å². The molecule has 1 amide bonds. The van der Waals surface area contributed by atoms with Gasteiger partial charge in [-0.1, -0.05) is 0 Å². The Morgan fingerprint density at radius 1 is 1.42 bits per heavy atom. The average Bonchev–Trinajstić information content (AvgIpc) is 2.94. The number of nitrogens with zero attached hydrogens (tertiary/aromatic N) is 3. The molecule has 3 rings (SSSR count). The van der Waals surface area contributed by atoms with Crippen LogP contribution in [0.1, 0.15) is 41.0 Å². The number of nitrogens with one attached hydrogen (secondary N) is 2. The average molecular weight is 327 g/mol. The van der Waals surface area contributed by atoms with Crippen molar-refractivity contribution in [1.82, 2.24) is 25.4 Å². The molecule has 128 valence electrons. The molecule has 3 heterocycles. The number of amides is 1. The first kappa shape index (κ1) is 16.6. The second-order valence-electron chi connectivity index (χ2n) is 6.50. The van der Waals surface area contributed by atoms with Crippen LogP contribution in [-0.2, 0) is 0 Å². The van der Waals surface area contributed by atoms with Gasteiger partial charge in [-0.2, -0.15) is 5.10 Å². The van der Waals surface area contributed by atoms with Gasteiger partial charge in [0.1, 0.15) is 0 Å². The van der Waals surface area contributed by atoms with E-state index in [1.807, 2.05) is 26.0 Å². The lowest BCUT2D eigenvalue weighted by atomic mass is 9.96. The van der Waals surface area contributed by atoms with Gasteiger partial charge in [-0.05, 0) is 70.3 Å². The summed E-state index contributed by atoms with van der Waals surface area (Å²) in [6, 6.07) is 5.64. The molecule has 0 aliphatic carbocycles. The van der Waals surface area contributed by atoms with Crippen molar-refractivity contribution in [1.29, 1.82) is 0 Å². The van der Waals surface area contributed by atoms with Gasteiger partial charge in [0.05, 0.1) is 11.3 Å². The van der Waals surface area contributed by atoms with Crippen LogP contribution in [0.2, 0.25) is 0 Å². The van der Waals surface area contributed by atoms with Gasteiger partial charge in [0.25, 0.3) is 5.91 Å². The maximum absolute atomic E-state index is 12.2. The van der Waals surface area contributed by atoms with Gasteiger partial charge < -0.3 is 10.6 Å². The predicted molar refractivity (Wildman–Crippen MR) is 93.4 cm³/mol. The number of rotatable bonds is 5. The summed E-state index contributed by atoms with van der Waals surface area (Å²) >= 11 is 0. The number of carbonyl (C=O) groups is 1. The number of aromatic nitrogens is 3. The number of carbonyl (C=O) groups excluding carboxylic acids is 1. The van der Waals surface area contributed by atoms with Gasteiger partial charge in [-0.25, -0.2) is 9.67 Å². The van der Waals surface area contributed by atoms with Crippen molar-refractivity contribution in [2.24, 2.45) is 5.92 Å². The monoisotopic (exact) mass is 327 g/mol. The molecule has 1 atom stereocenters. The van der Waals surface area contributed by atoms with Crippen LogP contribution >= 0.6 is 0 Å². The Labute approximate surface area is 142 Å². The summed E-state index contributed by atoms with van der Waals surface area (Å²) in [6.07, 6.45) is 5.12. The van der Waals surface area contributed by atoms with Gasteiger partial charge in [-0.3, -0.25) is 4.79 Å². The smallest absolute Gasteiger partial charge is 0.252 e. The van der Waals surface area contributed by atoms with E-state index >= 15 is 0 Å². The summed E-state index contributed by atoms with van der Waals surface area (Å²) in [4.78, 5) is 16.6. The molecule has 6 nitrogen and oxygen atoms in total. The lowest BCUT2D eigenvalue weighted by Gasteiger charge is -2.22. The summed E-state index contributed by atoms with van der Waals surface area (Å²) in [7, 11) is 0. The highest BCUT2D eigenvalue weighted by Gasteiger charge is 2.13. The molecule has 2 N–H and O–H groups in total. The molecule has 1 aliphatic heterocycles. The molecule has 6 heteroatoms. The zero-order valence-electron chi connectivity index (χ0n) is 14.4. The molecule has 1 aliphatic rings. The van der Waals surface area contributed by atoms with E-state index in [0.717, 1.165) is 36.7 Å². The Kier molecular flexibility index (Phi) is 5.25. The van der Waals surface area contributed by atoms with E-state index < -0.39 is 0 Å². The fourth-order valence-electron chi connectivity index (χ4n) is 3.17. The second kappa shape index (κ2) is 7.57. The first-order chi connectivity index (χ1) is 11.6. The van der Waals surface area contributed by atoms with Gasteiger partial charge in [-0.15, -0.1) is 0 Å². The maximum atomic E-state index is 12.2. The van der Waals surface area contributed by atoms with E-state index in [9.17, 15) is 4.79 Å². The highest BCUT2D eigenvalue weighted by Crippen LogP contribution is 2.13. The molecule has 1 unspecified atom stereocenters. The molecule has 2 aromatic heterocycles. The van der Waals surface area contributed by atoms with E-state index in [1.165, 1.54) is 12.8 Å². The Hall–Kier alpha value is -2.21. The number of hydrogen-bond donors (Lipinski definition) is 2. The molecule has 0 bridgehead atoms. The summed E-state index contributed by atoms with van der Waals surface area (Å²) in [6.45, 7) is 6.84. The Bertz CT molecular complexity index is 686. The third-order valence-electron chi connectivity index (χ3n) is 4.47. The summed E-state index contributed by atoms with van der Waals surface area (Å²) < 4.78 is 1.78. The molecule has 24 heavy (non-hydrogen) atoms. The number of hydrogen-bond acceptors (Lipinski definition) is 4. The number of piperidine rings is 1. The van der Waals surface area contributed by atoms with E-state index in [4.69, 9.17) is 0 Å². The standard InChI is InChI=1S/C18H25N5O/c1-13-10-14(2)23(22-13)17-6-5-16(12-21-17)18(24)20-9-7-15-4-3-8-19-11-15/h5-6,10,12,15,19H,3-4,7-9,11H2,1-2H3,(H,20,24). The molecular weight excluding hydrogens is 302 g/mol. The predicted octanol–water partition coefficient (Wildman–Crippen LogP) is 2.00. The van der Waals surface area contributed by atoms with Gasteiger partial charge in [0.2, 0.25) is 0 Å². The first-order valence-corrected chi connectivity index (χ1v) is 8.62. The Morgan fingerprint density at radius 2 is 2.29 bits per heavy atom. The lowest BCUT2D eigenvalue weighted by molar-refractivity contribution is 0.0950. The molecular formula is C18H25N5O. The van der Waals surface area contributed by atoms with Crippen LogP contribution < -0.4 is 10.6 Å². The minimum Gasteiger partial charge on any atom is -0.352 e. The summed E-state index contributed by atoms with van der Waals surface area (Å²) in [5.41, 5.74) is 2.56. The molecule has 0 radical (unpaired) electrons. The zero-order chi connectivity index (χ0) is 16.9. The largest absolute Gasteiger partial charge is 0.352 e. The highest BCUT2D eigenvalue weighted by molar-refractivity contribution is 5.93. The molecule has 2 aromatic rings. The first-order valence-electron chi connectivity index (χ1n) is 8.62. The fourth-order valence-corrected chi connectivity index (χ4v) is 3.17. The SMILES string of the molecule is Cc1cc(C)n(-c2ccc(C(=O)NCCC3CCCNC3)cn2)n1. The molecule has 0 saturated carbocycles. The third-order valence-corrected chi connectivity index (χ3v) is 4.47. The maximum Gasteiger partial charge on any atom is 0.252 e. The van der Waals surface area contributed by atoms with Crippen molar-refractivity contribution in [2.45, 2.75) is 33.1 Å². The van der Waals surface area contributed by atoms with E-state index in [-0.39, 0.29) is 5.91 Å². The molecule has 1 saturated heterocycles. The normalized spacial score (nSPS) is 17.7. The van der Waals surface area contributed by atoms with Crippen LogP contribution in [0.5, 0.6) is 0 Å². The third kappa shape index (κ3) is 4.00. The quantitative estimate of drug-likeness (QED) is 0.881. The van der Waals surface area contributed by atoms with Crippen molar-refractivity contribution >= 4 is 5.91 Å². The van der Waals surface area contributed by atoms with Crippen LogP contribution in [0.25, 0.3) is 5.82 Å². The van der Waals surface area contributed by atoms with Crippen LogP contribution in [0, 0.1) is 19.8 Å². The van der Waals surface area contributed by atoms with Crippen molar-refractivity contribution in [3.05, 3.63) is 41.3 Å². The van der Waals surface area contributed by atoms with Gasteiger partial charge in [0.15, 0.2) is 5.82 Å². The summed E-state index contributed by atoms with van der Waals surface area (Å²) in [5, 5.41) is 10.8. The fraction of sp³-hybridized carbons (Fsp3) is 0.500. The van der Waals surface area contributed by atoms with Crippen molar-refractivity contribution in [3.8, 4) is 5.82 Å². The highest BCUT2D eigenvalue weighted by atomic mass is 16.1. The van der Waals surface area contributed by atoms with Gasteiger partial charge >= 0.3 is 0 Å². The zero-order valence-corrected chi connectivity index (χ0v) is 14.4. The van der Waals surface area contributed by atoms with Crippen molar-refractivity contribution in [3.63, 3.8) is 0 Å². The van der Waals surface area contributed by atoms with Crippen LogP contribution in [-0.4, -0.2) is 40.3 Å². The van der Waals surface area contributed by atoms with E-state index in [0.29, 0.717) is 18.0 Å². The Morgan fingerprint density at radius 3 is 2.92 bits per heavy atom. The van der Waals surface area contributed by atoms with Gasteiger partial charge in [0, 0.05) is 18.4 Å². The summed E-state index contributed by atoms with van der Waals surface area (Å²) in [5.74, 6) is 1.34. The van der Waals surface area contributed by atoms with Crippen molar-refractivity contribution < 1.29 is 4.79 Å².